The lowest BCUT2D eigenvalue weighted by atomic mass is 9.99. The van der Waals surface area contributed by atoms with Gasteiger partial charge in [0.05, 0.1) is 0 Å². The normalized spacial score (nSPS) is 12.3. The number of rotatable bonds is 7. The van der Waals surface area contributed by atoms with Crippen LogP contribution in [0.1, 0.15) is 36.9 Å². The molecule has 1 aromatic heterocycles. The summed E-state index contributed by atoms with van der Waals surface area (Å²) >= 11 is 0. The second-order valence-electron chi connectivity index (χ2n) is 5.07. The summed E-state index contributed by atoms with van der Waals surface area (Å²) in [6, 6.07) is 7.56. The largest absolute Gasteiger partial charge is 0.310 e. The SMILES string of the molecule is CCCNC(CCc1cccnc1)c1ccc(F)cc1F. The molecule has 21 heavy (non-hydrogen) atoms. The second-order valence-corrected chi connectivity index (χ2v) is 5.07. The van der Waals surface area contributed by atoms with Crippen LogP contribution in [0.5, 0.6) is 0 Å². The number of hydrogen-bond donors (Lipinski definition) is 1. The van der Waals surface area contributed by atoms with E-state index < -0.39 is 11.6 Å². The molecule has 0 bridgehead atoms. The highest BCUT2D eigenvalue weighted by Gasteiger charge is 2.15. The van der Waals surface area contributed by atoms with E-state index in [4.69, 9.17) is 0 Å². The van der Waals surface area contributed by atoms with Crippen LogP contribution in [0, 0.1) is 11.6 Å². The number of nitrogens with one attached hydrogen (secondary N) is 1. The van der Waals surface area contributed by atoms with E-state index in [9.17, 15) is 8.78 Å². The predicted octanol–water partition coefficient (Wildman–Crippen LogP) is 4.03. The highest BCUT2D eigenvalue weighted by atomic mass is 19.1. The maximum atomic E-state index is 14.0. The van der Waals surface area contributed by atoms with Gasteiger partial charge in [-0.2, -0.15) is 0 Å². The summed E-state index contributed by atoms with van der Waals surface area (Å²) in [7, 11) is 0. The van der Waals surface area contributed by atoms with Crippen molar-refractivity contribution in [3.8, 4) is 0 Å². The van der Waals surface area contributed by atoms with Crippen molar-refractivity contribution in [2.24, 2.45) is 0 Å². The number of aromatic nitrogens is 1. The Morgan fingerprint density at radius 2 is 2.10 bits per heavy atom. The summed E-state index contributed by atoms with van der Waals surface area (Å²) in [4.78, 5) is 4.08. The molecule has 0 aliphatic rings. The van der Waals surface area contributed by atoms with Crippen LogP contribution in [-0.2, 0) is 6.42 Å². The number of hydrogen-bond acceptors (Lipinski definition) is 2. The van der Waals surface area contributed by atoms with Gasteiger partial charge < -0.3 is 5.32 Å². The Hall–Kier alpha value is -1.81. The summed E-state index contributed by atoms with van der Waals surface area (Å²) in [6.45, 7) is 2.86. The molecule has 0 amide bonds. The summed E-state index contributed by atoms with van der Waals surface area (Å²) in [5.41, 5.74) is 1.64. The van der Waals surface area contributed by atoms with Gasteiger partial charge in [0.1, 0.15) is 11.6 Å². The Bertz CT molecular complexity index is 558. The van der Waals surface area contributed by atoms with Crippen molar-refractivity contribution in [2.45, 2.75) is 32.2 Å². The van der Waals surface area contributed by atoms with Crippen molar-refractivity contribution in [1.82, 2.24) is 10.3 Å². The Labute approximate surface area is 124 Å². The Morgan fingerprint density at radius 1 is 1.24 bits per heavy atom. The van der Waals surface area contributed by atoms with Gasteiger partial charge >= 0.3 is 0 Å². The third kappa shape index (κ3) is 4.60. The molecular formula is C17H20F2N2. The average Bonchev–Trinajstić information content (AvgIpc) is 2.49. The highest BCUT2D eigenvalue weighted by molar-refractivity contribution is 5.23. The zero-order chi connectivity index (χ0) is 15.1. The first-order valence-electron chi connectivity index (χ1n) is 7.28. The van der Waals surface area contributed by atoms with E-state index in [0.717, 1.165) is 37.4 Å². The molecule has 0 aliphatic carbocycles. The summed E-state index contributed by atoms with van der Waals surface area (Å²) < 4.78 is 27.0. The smallest absolute Gasteiger partial charge is 0.130 e. The van der Waals surface area contributed by atoms with E-state index in [1.165, 1.54) is 12.1 Å². The first-order chi connectivity index (χ1) is 10.2. The van der Waals surface area contributed by atoms with Crippen molar-refractivity contribution in [3.05, 3.63) is 65.5 Å². The van der Waals surface area contributed by atoms with Gasteiger partial charge in [-0.1, -0.05) is 19.1 Å². The Morgan fingerprint density at radius 3 is 2.76 bits per heavy atom. The number of nitrogens with zero attached hydrogens (tertiary/aromatic N) is 1. The highest BCUT2D eigenvalue weighted by Crippen LogP contribution is 2.22. The number of halogens is 2. The number of aryl methyl sites for hydroxylation is 1. The van der Waals surface area contributed by atoms with E-state index >= 15 is 0 Å². The number of benzene rings is 1. The molecule has 0 saturated heterocycles. The molecule has 4 heteroatoms. The lowest BCUT2D eigenvalue weighted by Crippen LogP contribution is -2.23. The van der Waals surface area contributed by atoms with Crippen LogP contribution < -0.4 is 5.32 Å². The molecule has 1 N–H and O–H groups in total. The maximum Gasteiger partial charge on any atom is 0.130 e. The molecule has 0 aliphatic heterocycles. The van der Waals surface area contributed by atoms with Crippen molar-refractivity contribution in [2.75, 3.05) is 6.54 Å². The third-order valence-corrected chi connectivity index (χ3v) is 3.42. The fourth-order valence-electron chi connectivity index (χ4n) is 2.33. The molecule has 1 atom stereocenters. The third-order valence-electron chi connectivity index (χ3n) is 3.42. The van der Waals surface area contributed by atoms with Gasteiger partial charge in [0.15, 0.2) is 0 Å². The van der Waals surface area contributed by atoms with Crippen molar-refractivity contribution >= 4 is 0 Å². The van der Waals surface area contributed by atoms with Crippen LogP contribution in [-0.4, -0.2) is 11.5 Å². The van der Waals surface area contributed by atoms with Gasteiger partial charge in [0, 0.05) is 30.1 Å². The van der Waals surface area contributed by atoms with Gasteiger partial charge in [-0.05, 0) is 43.5 Å². The summed E-state index contributed by atoms with van der Waals surface area (Å²) in [5.74, 6) is -1.03. The van der Waals surface area contributed by atoms with Crippen LogP contribution >= 0.6 is 0 Å². The molecule has 0 spiro atoms. The second kappa shape index (κ2) is 7.84. The standard InChI is InChI=1S/C17H20F2N2/c1-2-9-21-17(8-5-13-4-3-10-20-12-13)15-7-6-14(18)11-16(15)19/h3-4,6-7,10-12,17,21H,2,5,8-9H2,1H3. The van der Waals surface area contributed by atoms with Gasteiger partial charge in [-0.25, -0.2) is 8.78 Å². The van der Waals surface area contributed by atoms with Crippen LogP contribution in [0.4, 0.5) is 8.78 Å². The van der Waals surface area contributed by atoms with Crippen molar-refractivity contribution < 1.29 is 8.78 Å². The van der Waals surface area contributed by atoms with Crippen molar-refractivity contribution in [1.29, 1.82) is 0 Å². The summed E-state index contributed by atoms with van der Waals surface area (Å²) in [5, 5.41) is 3.33. The maximum absolute atomic E-state index is 14.0. The van der Waals surface area contributed by atoms with Gasteiger partial charge in [-0.15, -0.1) is 0 Å². The molecule has 0 radical (unpaired) electrons. The predicted molar refractivity (Wildman–Crippen MR) is 80.0 cm³/mol. The molecule has 0 saturated carbocycles. The van der Waals surface area contributed by atoms with Crippen LogP contribution in [0.15, 0.2) is 42.7 Å². The fourth-order valence-corrected chi connectivity index (χ4v) is 2.33. The minimum atomic E-state index is -0.544. The molecule has 112 valence electrons. The van der Waals surface area contributed by atoms with E-state index in [2.05, 4.69) is 17.2 Å². The molecule has 0 fully saturated rings. The minimum absolute atomic E-state index is 0.120. The molecular weight excluding hydrogens is 270 g/mol. The van der Waals surface area contributed by atoms with Gasteiger partial charge in [0.2, 0.25) is 0 Å². The lowest BCUT2D eigenvalue weighted by Gasteiger charge is -2.19. The zero-order valence-electron chi connectivity index (χ0n) is 12.2. The monoisotopic (exact) mass is 290 g/mol. The molecule has 2 aromatic rings. The van der Waals surface area contributed by atoms with Crippen molar-refractivity contribution in [3.63, 3.8) is 0 Å². The first-order valence-corrected chi connectivity index (χ1v) is 7.28. The minimum Gasteiger partial charge on any atom is -0.310 e. The zero-order valence-corrected chi connectivity index (χ0v) is 12.2. The van der Waals surface area contributed by atoms with Gasteiger partial charge in [0.25, 0.3) is 0 Å². The van der Waals surface area contributed by atoms with Gasteiger partial charge in [-0.3, -0.25) is 4.98 Å². The quantitative estimate of drug-likeness (QED) is 0.832. The Kier molecular flexibility index (Phi) is 5.81. The number of pyridine rings is 1. The van der Waals surface area contributed by atoms with E-state index in [1.54, 1.807) is 6.20 Å². The van der Waals surface area contributed by atoms with E-state index in [0.29, 0.717) is 5.56 Å². The molecule has 1 unspecified atom stereocenters. The van der Waals surface area contributed by atoms with Crippen LogP contribution in [0.2, 0.25) is 0 Å². The summed E-state index contributed by atoms with van der Waals surface area (Å²) in [6.07, 6.45) is 6.06. The van der Waals surface area contributed by atoms with E-state index in [-0.39, 0.29) is 6.04 Å². The fraction of sp³-hybridized carbons (Fsp3) is 0.353. The van der Waals surface area contributed by atoms with Crippen LogP contribution in [0.3, 0.4) is 0 Å². The van der Waals surface area contributed by atoms with E-state index in [1.807, 2.05) is 18.3 Å². The lowest BCUT2D eigenvalue weighted by molar-refractivity contribution is 0.469. The molecule has 1 aromatic carbocycles. The topological polar surface area (TPSA) is 24.9 Å². The Balaban J connectivity index is 2.10. The molecule has 2 nitrogen and oxygen atoms in total. The van der Waals surface area contributed by atoms with Crippen LogP contribution in [0.25, 0.3) is 0 Å². The molecule has 1 heterocycles. The average molecular weight is 290 g/mol. The molecule has 2 rings (SSSR count). The first kappa shape index (κ1) is 15.6.